The topological polar surface area (TPSA) is 98.1 Å². The van der Waals surface area contributed by atoms with Crippen LogP contribution in [0.3, 0.4) is 0 Å². The Bertz CT molecular complexity index is 1590. The quantitative estimate of drug-likeness (QED) is 0.244. The fraction of sp³-hybridized carbons (Fsp3) is 0.355. The van der Waals surface area contributed by atoms with Gasteiger partial charge < -0.3 is 20.2 Å². The molecule has 1 saturated carbocycles. The maximum absolute atomic E-state index is 14.3. The molecule has 4 aromatic rings. The van der Waals surface area contributed by atoms with Gasteiger partial charge in [0.25, 0.3) is 11.8 Å². The Labute approximate surface area is 242 Å². The first-order valence-electron chi connectivity index (χ1n) is 13.5. The third-order valence-corrected chi connectivity index (χ3v) is 6.81. The minimum atomic E-state index is -2.72. The number of aldehydes is 1. The number of benzene rings is 2. The van der Waals surface area contributed by atoms with Gasteiger partial charge in [-0.15, -0.1) is 0 Å². The zero-order valence-electron chi connectivity index (χ0n) is 24.2. The van der Waals surface area contributed by atoms with E-state index >= 15 is 0 Å². The first kappa shape index (κ1) is 30.5. The molecule has 42 heavy (non-hydrogen) atoms. The van der Waals surface area contributed by atoms with Crippen LogP contribution in [-0.4, -0.2) is 46.0 Å². The minimum Gasteiger partial charge on any atom is -0.456 e. The molecule has 1 aliphatic rings. The third kappa shape index (κ3) is 7.26. The van der Waals surface area contributed by atoms with E-state index in [4.69, 9.17) is 4.74 Å². The van der Waals surface area contributed by atoms with Crippen molar-refractivity contribution in [3.8, 4) is 11.5 Å². The lowest BCUT2D eigenvalue weighted by atomic mass is 9.88. The number of hydrogen-bond acceptors (Lipinski definition) is 6. The van der Waals surface area contributed by atoms with Crippen LogP contribution in [0.1, 0.15) is 55.1 Å². The summed E-state index contributed by atoms with van der Waals surface area (Å²) in [6, 6.07) is 8.56. The second kappa shape index (κ2) is 12.2. The highest BCUT2D eigenvalue weighted by atomic mass is 19.3. The number of carbonyl (C=O) groups is 2. The normalized spacial score (nSPS) is 14.4. The summed E-state index contributed by atoms with van der Waals surface area (Å²) in [5.74, 6) is -3.10. The first-order chi connectivity index (χ1) is 19.8. The van der Waals surface area contributed by atoms with E-state index in [2.05, 4.69) is 41.5 Å². The number of fused-ring (bicyclic) bond motifs is 1. The largest absolute Gasteiger partial charge is 0.456 e. The van der Waals surface area contributed by atoms with E-state index < -0.39 is 23.7 Å². The standard InChI is InChI=1S/C23H19F3N2O3.C8H15N3/c1-13-8-14(5-7-29)18(24)10-21(13)31-20-4-6-27-19-3-2-15(9-17(19)20)22(30)28-16-11-23(25,26)12-16;1-8(2,3)11-6-7(9-4)5-10-11/h2-4,6-10,16H,5,11-12H2,1H3,(H,28,30);5-6,9H,1-4H3. The first-order valence-corrected chi connectivity index (χ1v) is 13.5. The highest BCUT2D eigenvalue weighted by Crippen LogP contribution is 2.38. The van der Waals surface area contributed by atoms with Crippen LogP contribution in [-0.2, 0) is 16.8 Å². The van der Waals surface area contributed by atoms with Gasteiger partial charge in [-0.05, 0) is 69.2 Å². The number of alkyl halides is 2. The molecule has 2 aromatic heterocycles. The molecule has 11 heteroatoms. The van der Waals surface area contributed by atoms with Crippen molar-refractivity contribution in [3.05, 3.63) is 77.5 Å². The van der Waals surface area contributed by atoms with Gasteiger partial charge >= 0.3 is 0 Å². The van der Waals surface area contributed by atoms with Crippen molar-refractivity contribution in [2.45, 2.75) is 64.5 Å². The Morgan fingerprint density at radius 1 is 1.17 bits per heavy atom. The molecule has 0 bridgehead atoms. The van der Waals surface area contributed by atoms with Gasteiger partial charge in [-0.1, -0.05) is 0 Å². The Hall–Kier alpha value is -4.41. The second-order valence-corrected chi connectivity index (χ2v) is 11.3. The molecular formula is C31H34F3N5O3. The molecule has 0 unspecified atom stereocenters. The predicted octanol–water partition coefficient (Wildman–Crippen LogP) is 6.42. The van der Waals surface area contributed by atoms with E-state index in [9.17, 15) is 22.8 Å². The summed E-state index contributed by atoms with van der Waals surface area (Å²) < 4.78 is 48.2. The third-order valence-electron chi connectivity index (χ3n) is 6.81. The van der Waals surface area contributed by atoms with Gasteiger partial charge in [-0.25, -0.2) is 13.2 Å². The van der Waals surface area contributed by atoms with Crippen molar-refractivity contribution in [1.82, 2.24) is 20.1 Å². The molecule has 0 aliphatic heterocycles. The number of halogens is 3. The number of amides is 1. The number of hydrogen-bond donors (Lipinski definition) is 2. The monoisotopic (exact) mass is 581 g/mol. The molecule has 0 spiro atoms. The highest BCUT2D eigenvalue weighted by molar-refractivity contribution is 5.99. The number of nitrogens with one attached hydrogen (secondary N) is 2. The predicted molar refractivity (Wildman–Crippen MR) is 155 cm³/mol. The lowest BCUT2D eigenvalue weighted by molar-refractivity contribution is -0.107. The summed E-state index contributed by atoms with van der Waals surface area (Å²) >= 11 is 0. The van der Waals surface area contributed by atoms with E-state index in [1.54, 1.807) is 37.3 Å². The molecule has 1 fully saturated rings. The van der Waals surface area contributed by atoms with Crippen LogP contribution in [0.4, 0.5) is 18.9 Å². The number of ether oxygens (including phenoxy) is 1. The summed E-state index contributed by atoms with van der Waals surface area (Å²) in [4.78, 5) is 27.4. The molecule has 8 nitrogen and oxygen atoms in total. The molecule has 0 radical (unpaired) electrons. The molecule has 0 atom stereocenters. The molecule has 2 aromatic carbocycles. The number of anilines is 1. The maximum Gasteiger partial charge on any atom is 0.252 e. The van der Waals surface area contributed by atoms with Crippen LogP contribution in [0.2, 0.25) is 0 Å². The van der Waals surface area contributed by atoms with Crippen LogP contribution >= 0.6 is 0 Å². The van der Waals surface area contributed by atoms with Gasteiger partial charge in [-0.3, -0.25) is 14.5 Å². The number of aromatic nitrogens is 3. The SMILES string of the molecule is CNc1cnn(C(C)(C)C)c1.Cc1cc(CC=O)c(F)cc1Oc1ccnc2ccc(C(=O)NC3CC(F)(F)C3)cc12. The molecular weight excluding hydrogens is 547 g/mol. The van der Waals surface area contributed by atoms with Gasteiger partial charge in [-0.2, -0.15) is 5.10 Å². The van der Waals surface area contributed by atoms with E-state index in [0.717, 1.165) is 5.69 Å². The van der Waals surface area contributed by atoms with Crippen LogP contribution in [0.15, 0.2) is 55.0 Å². The number of aryl methyl sites for hydroxylation is 1. The average Bonchev–Trinajstić information content (AvgIpc) is 3.41. The molecule has 222 valence electrons. The molecule has 2 heterocycles. The van der Waals surface area contributed by atoms with Crippen LogP contribution in [0.25, 0.3) is 10.9 Å². The van der Waals surface area contributed by atoms with E-state index in [-0.39, 0.29) is 41.7 Å². The summed E-state index contributed by atoms with van der Waals surface area (Å²) in [6.45, 7) is 8.11. The van der Waals surface area contributed by atoms with Crippen LogP contribution in [0, 0.1) is 12.7 Å². The number of rotatable bonds is 7. The molecule has 1 aliphatic carbocycles. The molecule has 5 rings (SSSR count). The van der Waals surface area contributed by atoms with Gasteiger partial charge in [0.15, 0.2) is 0 Å². The zero-order chi connectivity index (χ0) is 30.7. The van der Waals surface area contributed by atoms with Crippen molar-refractivity contribution in [2.75, 3.05) is 12.4 Å². The lowest BCUT2D eigenvalue weighted by Gasteiger charge is -2.35. The van der Waals surface area contributed by atoms with Gasteiger partial charge in [0.1, 0.15) is 23.6 Å². The van der Waals surface area contributed by atoms with Crippen molar-refractivity contribution < 1.29 is 27.5 Å². The fourth-order valence-corrected chi connectivity index (χ4v) is 4.40. The average molecular weight is 582 g/mol. The van der Waals surface area contributed by atoms with Crippen LogP contribution < -0.4 is 15.4 Å². The lowest BCUT2D eigenvalue weighted by Crippen LogP contribution is -2.50. The fourth-order valence-electron chi connectivity index (χ4n) is 4.40. The Kier molecular flexibility index (Phi) is 8.89. The smallest absolute Gasteiger partial charge is 0.252 e. The van der Waals surface area contributed by atoms with Gasteiger partial charge in [0.2, 0.25) is 0 Å². The number of nitrogens with zero attached hydrogens (tertiary/aromatic N) is 3. The summed E-state index contributed by atoms with van der Waals surface area (Å²) in [6.07, 6.45) is 5.22. The summed E-state index contributed by atoms with van der Waals surface area (Å²) in [7, 11) is 1.89. The van der Waals surface area contributed by atoms with Crippen molar-refractivity contribution in [2.24, 2.45) is 0 Å². The van der Waals surface area contributed by atoms with Gasteiger partial charge in [0.05, 0.1) is 22.9 Å². The van der Waals surface area contributed by atoms with Gasteiger partial charge in [0, 0.05) is 61.8 Å². The maximum atomic E-state index is 14.3. The minimum absolute atomic E-state index is 0.0312. The van der Waals surface area contributed by atoms with Crippen LogP contribution in [0.5, 0.6) is 11.5 Å². The second-order valence-electron chi connectivity index (χ2n) is 11.3. The van der Waals surface area contributed by atoms with Crippen molar-refractivity contribution >= 4 is 28.8 Å². The summed E-state index contributed by atoms with van der Waals surface area (Å²) in [5, 5.41) is 10.4. The molecule has 2 N–H and O–H groups in total. The molecule has 1 amide bonds. The highest BCUT2D eigenvalue weighted by Gasteiger charge is 2.46. The Morgan fingerprint density at radius 2 is 1.90 bits per heavy atom. The zero-order valence-corrected chi connectivity index (χ0v) is 24.2. The van der Waals surface area contributed by atoms with E-state index in [1.165, 1.54) is 12.3 Å². The van der Waals surface area contributed by atoms with E-state index in [0.29, 0.717) is 28.5 Å². The Balaban J connectivity index is 0.000000310. The number of pyridine rings is 1. The number of carbonyl (C=O) groups excluding carboxylic acids is 2. The molecule has 0 saturated heterocycles. The Morgan fingerprint density at radius 3 is 2.50 bits per heavy atom. The van der Waals surface area contributed by atoms with Crippen molar-refractivity contribution in [3.63, 3.8) is 0 Å². The van der Waals surface area contributed by atoms with Crippen molar-refractivity contribution in [1.29, 1.82) is 0 Å². The van der Waals surface area contributed by atoms with E-state index in [1.807, 2.05) is 24.1 Å². The summed E-state index contributed by atoms with van der Waals surface area (Å²) in [5.41, 5.74) is 2.89.